The molecule has 0 amide bonds. The van der Waals surface area contributed by atoms with Crippen LogP contribution in [-0.2, 0) is 0 Å². The molecule has 4 rings (SSSR count). The molecule has 0 saturated carbocycles. The molecule has 150 valence electrons. The van der Waals surface area contributed by atoms with Crippen molar-refractivity contribution in [2.75, 3.05) is 0 Å². The molecule has 4 aromatic rings. The van der Waals surface area contributed by atoms with E-state index in [1.165, 1.54) is 66.8 Å². The molecule has 0 radical (unpaired) electrons. The number of hydrogen-bond acceptors (Lipinski definition) is 0. The summed E-state index contributed by atoms with van der Waals surface area (Å²) in [6, 6.07) is 27.0. The molecule has 0 heterocycles. The second-order valence-corrected chi connectivity index (χ2v) is 8.67. The van der Waals surface area contributed by atoms with Gasteiger partial charge in [-0.15, -0.1) is 0 Å². The van der Waals surface area contributed by atoms with Crippen LogP contribution in [-0.4, -0.2) is 0 Å². The van der Waals surface area contributed by atoms with Crippen molar-refractivity contribution in [2.45, 2.75) is 41.5 Å². The molecule has 30 heavy (non-hydrogen) atoms. The standard InChI is InChI=1S/C30H30/c1-19-10-13-25(14-11-19)30-24(6)28(27-15-12-21(3)16-22(27)4)18-23(5)29(30)26-9-7-8-20(2)17-26/h7-18H,1-6H3. The van der Waals surface area contributed by atoms with Crippen molar-refractivity contribution in [1.82, 2.24) is 0 Å². The minimum absolute atomic E-state index is 1.28. The van der Waals surface area contributed by atoms with E-state index in [1.54, 1.807) is 0 Å². The third kappa shape index (κ3) is 3.71. The maximum Gasteiger partial charge on any atom is -0.00673 e. The van der Waals surface area contributed by atoms with E-state index in [4.69, 9.17) is 0 Å². The van der Waals surface area contributed by atoms with Gasteiger partial charge in [0, 0.05) is 0 Å². The lowest BCUT2D eigenvalue weighted by Gasteiger charge is -2.22. The maximum absolute atomic E-state index is 2.38. The molecule has 0 fully saturated rings. The fourth-order valence-corrected chi connectivity index (χ4v) is 4.57. The largest absolute Gasteiger partial charge is 0.0614 e. The lowest BCUT2D eigenvalue weighted by atomic mass is 9.82. The summed E-state index contributed by atoms with van der Waals surface area (Å²) in [6.45, 7) is 13.2. The molecule has 0 aliphatic carbocycles. The van der Waals surface area contributed by atoms with Crippen molar-refractivity contribution in [3.8, 4) is 33.4 Å². The molecule has 0 aromatic heterocycles. The minimum atomic E-state index is 1.28. The van der Waals surface area contributed by atoms with Crippen LogP contribution in [0.4, 0.5) is 0 Å². The molecule has 0 heteroatoms. The molecular weight excluding hydrogens is 360 g/mol. The van der Waals surface area contributed by atoms with Crippen molar-refractivity contribution in [2.24, 2.45) is 0 Å². The second kappa shape index (κ2) is 7.95. The highest BCUT2D eigenvalue weighted by Crippen LogP contribution is 2.42. The summed E-state index contributed by atoms with van der Waals surface area (Å²) in [5.41, 5.74) is 15.8. The normalized spacial score (nSPS) is 11.0. The molecule has 0 atom stereocenters. The van der Waals surface area contributed by atoms with Gasteiger partial charge < -0.3 is 0 Å². The van der Waals surface area contributed by atoms with Crippen LogP contribution in [0.3, 0.4) is 0 Å². The van der Waals surface area contributed by atoms with Crippen LogP contribution in [0, 0.1) is 41.5 Å². The van der Waals surface area contributed by atoms with Gasteiger partial charge in [0.1, 0.15) is 0 Å². The summed E-state index contributed by atoms with van der Waals surface area (Å²) in [6.07, 6.45) is 0. The highest BCUT2D eigenvalue weighted by Gasteiger charge is 2.18. The lowest BCUT2D eigenvalue weighted by Crippen LogP contribution is -1.98. The van der Waals surface area contributed by atoms with Crippen molar-refractivity contribution >= 4 is 0 Å². The Hall–Kier alpha value is -3.12. The average Bonchev–Trinajstić information content (AvgIpc) is 2.70. The van der Waals surface area contributed by atoms with Gasteiger partial charge in [0.15, 0.2) is 0 Å². The van der Waals surface area contributed by atoms with Crippen LogP contribution in [0.2, 0.25) is 0 Å². The maximum atomic E-state index is 2.38. The first-order chi connectivity index (χ1) is 14.3. The Morgan fingerprint density at radius 2 is 1.10 bits per heavy atom. The van der Waals surface area contributed by atoms with Crippen LogP contribution >= 0.6 is 0 Å². The SMILES string of the molecule is Cc1ccc(-c2c(C)c(-c3ccc(C)cc3C)cc(C)c2-c2cccc(C)c2)cc1. The number of aryl methyl sites for hydroxylation is 5. The van der Waals surface area contributed by atoms with E-state index in [1.807, 2.05) is 0 Å². The summed E-state index contributed by atoms with van der Waals surface area (Å²) in [5, 5.41) is 0. The van der Waals surface area contributed by atoms with Crippen molar-refractivity contribution in [1.29, 1.82) is 0 Å². The van der Waals surface area contributed by atoms with Gasteiger partial charge in [-0.05, 0) is 91.6 Å². The van der Waals surface area contributed by atoms with Gasteiger partial charge in [-0.1, -0.05) is 89.5 Å². The summed E-state index contributed by atoms with van der Waals surface area (Å²) in [5.74, 6) is 0. The van der Waals surface area contributed by atoms with E-state index < -0.39 is 0 Å². The number of benzene rings is 4. The smallest absolute Gasteiger partial charge is 0.00673 e. The molecule has 0 spiro atoms. The third-order valence-corrected chi connectivity index (χ3v) is 6.10. The summed E-state index contributed by atoms with van der Waals surface area (Å²) in [4.78, 5) is 0. The lowest BCUT2D eigenvalue weighted by molar-refractivity contribution is 1.34. The monoisotopic (exact) mass is 390 g/mol. The predicted molar refractivity (Wildman–Crippen MR) is 131 cm³/mol. The van der Waals surface area contributed by atoms with Gasteiger partial charge in [-0.3, -0.25) is 0 Å². The molecule has 0 unspecified atom stereocenters. The molecule has 0 aliphatic rings. The molecule has 4 aromatic carbocycles. The fourth-order valence-electron chi connectivity index (χ4n) is 4.57. The van der Waals surface area contributed by atoms with E-state index in [-0.39, 0.29) is 0 Å². The van der Waals surface area contributed by atoms with E-state index in [0.29, 0.717) is 0 Å². The van der Waals surface area contributed by atoms with Gasteiger partial charge in [-0.25, -0.2) is 0 Å². The zero-order chi connectivity index (χ0) is 21.4. The van der Waals surface area contributed by atoms with Gasteiger partial charge in [0.05, 0.1) is 0 Å². The van der Waals surface area contributed by atoms with Crippen LogP contribution in [0.25, 0.3) is 33.4 Å². The summed E-state index contributed by atoms with van der Waals surface area (Å²) >= 11 is 0. The Bertz CT molecular complexity index is 1220. The quantitative estimate of drug-likeness (QED) is 0.329. The Labute approximate surface area is 181 Å². The minimum Gasteiger partial charge on any atom is -0.0614 e. The highest BCUT2D eigenvalue weighted by atomic mass is 14.2. The number of rotatable bonds is 3. The molecule has 0 saturated heterocycles. The fraction of sp³-hybridized carbons (Fsp3) is 0.200. The van der Waals surface area contributed by atoms with E-state index in [9.17, 15) is 0 Å². The van der Waals surface area contributed by atoms with Crippen molar-refractivity contribution in [3.63, 3.8) is 0 Å². The van der Waals surface area contributed by atoms with Crippen molar-refractivity contribution < 1.29 is 0 Å². The molecular formula is C30H30. The van der Waals surface area contributed by atoms with Crippen molar-refractivity contribution in [3.05, 3.63) is 106 Å². The van der Waals surface area contributed by atoms with Gasteiger partial charge in [0.25, 0.3) is 0 Å². The summed E-state index contributed by atoms with van der Waals surface area (Å²) in [7, 11) is 0. The molecule has 0 bridgehead atoms. The van der Waals surface area contributed by atoms with E-state index >= 15 is 0 Å². The van der Waals surface area contributed by atoms with E-state index in [2.05, 4.69) is 114 Å². The van der Waals surface area contributed by atoms with E-state index in [0.717, 1.165) is 0 Å². The van der Waals surface area contributed by atoms with Crippen LogP contribution < -0.4 is 0 Å². The predicted octanol–water partition coefficient (Wildman–Crippen LogP) is 8.54. The zero-order valence-electron chi connectivity index (χ0n) is 18.9. The summed E-state index contributed by atoms with van der Waals surface area (Å²) < 4.78 is 0. The first-order valence-electron chi connectivity index (χ1n) is 10.7. The highest BCUT2D eigenvalue weighted by molar-refractivity contribution is 5.93. The Morgan fingerprint density at radius 3 is 1.77 bits per heavy atom. The first kappa shape index (κ1) is 20.2. The van der Waals surface area contributed by atoms with Gasteiger partial charge >= 0.3 is 0 Å². The van der Waals surface area contributed by atoms with Gasteiger partial charge in [-0.2, -0.15) is 0 Å². The molecule has 0 nitrogen and oxygen atoms in total. The zero-order valence-corrected chi connectivity index (χ0v) is 18.9. The van der Waals surface area contributed by atoms with Gasteiger partial charge in [0.2, 0.25) is 0 Å². The van der Waals surface area contributed by atoms with Crippen LogP contribution in [0.5, 0.6) is 0 Å². The Kier molecular flexibility index (Phi) is 5.35. The molecule has 0 aliphatic heterocycles. The topological polar surface area (TPSA) is 0 Å². The number of hydrogen-bond donors (Lipinski definition) is 0. The Balaban J connectivity index is 2.07. The van der Waals surface area contributed by atoms with Crippen LogP contribution in [0.15, 0.2) is 72.8 Å². The molecule has 0 N–H and O–H groups in total. The third-order valence-electron chi connectivity index (χ3n) is 6.10. The van der Waals surface area contributed by atoms with Crippen LogP contribution in [0.1, 0.15) is 33.4 Å². The first-order valence-corrected chi connectivity index (χ1v) is 10.7. The average molecular weight is 391 g/mol. The Morgan fingerprint density at radius 1 is 0.433 bits per heavy atom. The second-order valence-electron chi connectivity index (χ2n) is 8.67.